The third-order valence-electron chi connectivity index (χ3n) is 4.26. The Balaban J connectivity index is 1.54. The summed E-state index contributed by atoms with van der Waals surface area (Å²) in [6.45, 7) is 0.259. The van der Waals surface area contributed by atoms with E-state index in [1.54, 1.807) is 6.26 Å². The zero-order valence-electron chi connectivity index (χ0n) is 13.6. The molecule has 5 aromatic rings. The maximum Gasteiger partial charge on any atom is 0.297 e. The zero-order valence-corrected chi connectivity index (χ0v) is 13.6. The highest BCUT2D eigenvalue weighted by Gasteiger charge is 2.14. The Kier molecular flexibility index (Phi) is 3.21. The van der Waals surface area contributed by atoms with Gasteiger partial charge >= 0.3 is 0 Å². The van der Waals surface area contributed by atoms with Crippen LogP contribution in [-0.2, 0) is 6.54 Å². The Bertz CT molecular complexity index is 1280. The van der Waals surface area contributed by atoms with Gasteiger partial charge in [-0.3, -0.25) is 9.36 Å². The number of aromatic nitrogens is 3. The number of hydrogen-bond acceptors (Lipinski definition) is 5. The number of oxazole rings is 1. The van der Waals surface area contributed by atoms with Crippen molar-refractivity contribution in [2.24, 2.45) is 0 Å². The van der Waals surface area contributed by atoms with Gasteiger partial charge in [0.05, 0.1) is 18.6 Å². The quantitative estimate of drug-likeness (QED) is 0.497. The second-order valence-corrected chi connectivity index (χ2v) is 5.96. The molecule has 2 aromatic carbocycles. The zero-order chi connectivity index (χ0) is 17.5. The highest BCUT2D eigenvalue weighted by atomic mass is 16.3. The predicted molar refractivity (Wildman–Crippen MR) is 96.8 cm³/mol. The number of furan rings is 1. The minimum absolute atomic E-state index is 0.240. The lowest BCUT2D eigenvalue weighted by Gasteiger charge is -2.01. The van der Waals surface area contributed by atoms with Crippen LogP contribution in [0.15, 0.2) is 80.8 Å². The van der Waals surface area contributed by atoms with Crippen LogP contribution in [0.1, 0.15) is 5.69 Å². The lowest BCUT2D eigenvalue weighted by atomic mass is 10.2. The van der Waals surface area contributed by atoms with Gasteiger partial charge in [-0.25, -0.2) is 9.97 Å². The summed E-state index contributed by atoms with van der Waals surface area (Å²) < 4.78 is 12.7. The normalized spacial score (nSPS) is 11.4. The van der Waals surface area contributed by atoms with Gasteiger partial charge in [-0.2, -0.15) is 0 Å². The molecule has 6 nitrogen and oxygen atoms in total. The average molecular weight is 343 g/mol. The largest absolute Gasteiger partial charge is 0.448 e. The van der Waals surface area contributed by atoms with Gasteiger partial charge in [0.25, 0.3) is 5.56 Å². The van der Waals surface area contributed by atoms with E-state index in [-0.39, 0.29) is 17.7 Å². The van der Waals surface area contributed by atoms with Crippen molar-refractivity contribution in [2.45, 2.75) is 6.54 Å². The van der Waals surface area contributed by atoms with E-state index in [2.05, 4.69) is 9.97 Å². The summed E-state index contributed by atoms with van der Waals surface area (Å²) in [5, 5.41) is 0.833. The number of fused-ring (bicyclic) bond motifs is 3. The molecule has 0 radical (unpaired) electrons. The summed E-state index contributed by atoms with van der Waals surface area (Å²) in [6, 6.07) is 17.1. The second-order valence-electron chi connectivity index (χ2n) is 5.96. The Hall–Kier alpha value is -3.67. The summed E-state index contributed by atoms with van der Waals surface area (Å²) in [4.78, 5) is 21.6. The molecular formula is C20H13N3O3. The first kappa shape index (κ1) is 14.7. The Morgan fingerprint density at radius 1 is 1.00 bits per heavy atom. The molecule has 3 heterocycles. The van der Waals surface area contributed by atoms with Crippen LogP contribution in [0, 0.1) is 0 Å². The van der Waals surface area contributed by atoms with Gasteiger partial charge in [0.1, 0.15) is 17.4 Å². The van der Waals surface area contributed by atoms with Crippen molar-refractivity contribution in [3.63, 3.8) is 0 Å². The number of nitrogens with zero attached hydrogens (tertiary/aromatic N) is 3. The first-order valence-electron chi connectivity index (χ1n) is 8.16. The second kappa shape index (κ2) is 5.70. The number of benzene rings is 2. The molecule has 0 unspecified atom stereocenters. The first-order valence-corrected chi connectivity index (χ1v) is 8.16. The molecule has 0 aliphatic heterocycles. The number of rotatable bonds is 3. The van der Waals surface area contributed by atoms with E-state index >= 15 is 0 Å². The molecule has 26 heavy (non-hydrogen) atoms. The minimum atomic E-state index is -0.240. The Morgan fingerprint density at radius 3 is 2.69 bits per heavy atom. The van der Waals surface area contributed by atoms with Crippen LogP contribution in [0.2, 0.25) is 0 Å². The molecule has 0 amide bonds. The number of para-hydroxylation sites is 1. The van der Waals surface area contributed by atoms with Gasteiger partial charge in [-0.15, -0.1) is 0 Å². The topological polar surface area (TPSA) is 74.1 Å². The smallest absolute Gasteiger partial charge is 0.297 e. The molecule has 0 fully saturated rings. The highest BCUT2D eigenvalue weighted by Crippen LogP contribution is 2.24. The molecule has 126 valence electrons. The molecule has 0 saturated heterocycles. The van der Waals surface area contributed by atoms with Crippen molar-refractivity contribution in [1.82, 2.24) is 14.5 Å². The maximum absolute atomic E-state index is 12.8. The van der Waals surface area contributed by atoms with Crippen molar-refractivity contribution >= 4 is 22.1 Å². The average Bonchev–Trinajstić information content (AvgIpc) is 3.30. The van der Waals surface area contributed by atoms with E-state index in [0.29, 0.717) is 22.7 Å². The van der Waals surface area contributed by atoms with E-state index in [4.69, 9.17) is 8.83 Å². The summed E-state index contributed by atoms with van der Waals surface area (Å²) in [7, 11) is 0. The summed E-state index contributed by atoms with van der Waals surface area (Å²) in [5.41, 5.74) is 2.76. The summed E-state index contributed by atoms with van der Waals surface area (Å²) in [5.74, 6) is 0.520. The van der Waals surface area contributed by atoms with Crippen LogP contribution in [-0.4, -0.2) is 14.5 Å². The minimum Gasteiger partial charge on any atom is -0.448 e. The molecule has 0 aliphatic rings. The fourth-order valence-electron chi connectivity index (χ4n) is 3.00. The van der Waals surface area contributed by atoms with E-state index in [0.717, 1.165) is 10.9 Å². The molecular weight excluding hydrogens is 330 g/mol. The van der Waals surface area contributed by atoms with Crippen LogP contribution < -0.4 is 5.56 Å². The monoisotopic (exact) mass is 343 g/mol. The summed E-state index contributed by atoms with van der Waals surface area (Å²) in [6.07, 6.45) is 3.07. The van der Waals surface area contributed by atoms with Crippen LogP contribution in [0.3, 0.4) is 0 Å². The Labute approximate surface area is 147 Å². The van der Waals surface area contributed by atoms with E-state index in [1.807, 2.05) is 54.6 Å². The molecule has 0 N–H and O–H groups in total. The third kappa shape index (κ3) is 2.31. The fraction of sp³-hybridized carbons (Fsp3) is 0.0500. The molecule has 3 aromatic heterocycles. The maximum atomic E-state index is 12.8. The van der Waals surface area contributed by atoms with Crippen molar-refractivity contribution in [1.29, 1.82) is 0 Å². The van der Waals surface area contributed by atoms with Crippen molar-refractivity contribution in [3.8, 4) is 11.5 Å². The summed E-state index contributed by atoms with van der Waals surface area (Å²) >= 11 is 0. The van der Waals surface area contributed by atoms with Gasteiger partial charge in [0.15, 0.2) is 0 Å². The molecule has 6 heteroatoms. The van der Waals surface area contributed by atoms with Crippen LogP contribution in [0.4, 0.5) is 0 Å². The van der Waals surface area contributed by atoms with E-state index < -0.39 is 0 Å². The lowest BCUT2D eigenvalue weighted by molar-refractivity contribution is 0.570. The predicted octanol–water partition coefficient (Wildman–Crippen LogP) is 3.85. The van der Waals surface area contributed by atoms with Crippen molar-refractivity contribution < 1.29 is 8.83 Å². The van der Waals surface area contributed by atoms with E-state index in [1.165, 1.54) is 10.9 Å². The molecule has 0 spiro atoms. The molecule has 0 saturated carbocycles. The van der Waals surface area contributed by atoms with Crippen LogP contribution >= 0.6 is 0 Å². The fourth-order valence-corrected chi connectivity index (χ4v) is 3.00. The SMILES string of the molecule is O=c1c2oc3ccccc3c2ncn1Cc1coc(-c2ccccc2)n1. The van der Waals surface area contributed by atoms with Gasteiger partial charge in [0.2, 0.25) is 11.5 Å². The first-order chi connectivity index (χ1) is 12.8. The molecule has 0 atom stereocenters. The standard InChI is InChI=1S/C20H13N3O3/c24-20-18-17(15-8-4-5-9-16(15)26-18)21-12-23(20)10-14-11-25-19(22-14)13-6-2-1-3-7-13/h1-9,11-12H,10H2. The van der Waals surface area contributed by atoms with Crippen molar-refractivity contribution in [3.05, 3.63) is 83.2 Å². The van der Waals surface area contributed by atoms with Crippen LogP contribution in [0.5, 0.6) is 0 Å². The lowest BCUT2D eigenvalue weighted by Crippen LogP contribution is -2.20. The Morgan fingerprint density at radius 2 is 1.81 bits per heavy atom. The van der Waals surface area contributed by atoms with E-state index in [9.17, 15) is 4.79 Å². The molecule has 0 aliphatic carbocycles. The third-order valence-corrected chi connectivity index (χ3v) is 4.26. The van der Waals surface area contributed by atoms with Gasteiger partial charge in [0, 0.05) is 10.9 Å². The van der Waals surface area contributed by atoms with Crippen LogP contribution in [0.25, 0.3) is 33.5 Å². The van der Waals surface area contributed by atoms with Gasteiger partial charge < -0.3 is 8.83 Å². The number of hydrogen-bond donors (Lipinski definition) is 0. The molecule has 5 rings (SSSR count). The van der Waals surface area contributed by atoms with Crippen molar-refractivity contribution in [2.75, 3.05) is 0 Å². The molecule has 0 bridgehead atoms. The van der Waals surface area contributed by atoms with Gasteiger partial charge in [-0.05, 0) is 24.3 Å². The highest BCUT2D eigenvalue weighted by molar-refractivity contribution is 6.01. The van der Waals surface area contributed by atoms with Gasteiger partial charge in [-0.1, -0.05) is 30.3 Å².